The number of nitrogens with zero attached hydrogens (tertiary/aromatic N) is 1. The summed E-state index contributed by atoms with van der Waals surface area (Å²) in [5.41, 5.74) is 1.20. The average Bonchev–Trinajstić information content (AvgIpc) is 3.15. The van der Waals surface area contributed by atoms with Crippen LogP contribution in [0.2, 0.25) is 5.02 Å². The lowest BCUT2D eigenvalue weighted by Gasteiger charge is -2.12. The van der Waals surface area contributed by atoms with Gasteiger partial charge in [-0.2, -0.15) is 0 Å². The monoisotopic (exact) mass is 373 g/mol. The van der Waals surface area contributed by atoms with Crippen molar-refractivity contribution in [2.45, 2.75) is 31.7 Å². The van der Waals surface area contributed by atoms with Crippen LogP contribution in [-0.4, -0.2) is 29.9 Å². The third-order valence-corrected chi connectivity index (χ3v) is 4.66. The first-order valence-electron chi connectivity index (χ1n) is 8.47. The minimum atomic E-state index is -0.366. The molecule has 2 aromatic rings. The largest absolute Gasteiger partial charge is 0.495 e. The van der Waals surface area contributed by atoms with Gasteiger partial charge in [0.05, 0.1) is 23.3 Å². The van der Waals surface area contributed by atoms with Gasteiger partial charge in [0, 0.05) is 24.1 Å². The molecule has 6 nitrogen and oxygen atoms in total. The maximum absolute atomic E-state index is 12.4. The highest BCUT2D eigenvalue weighted by atomic mass is 35.5. The van der Waals surface area contributed by atoms with E-state index in [2.05, 4.69) is 15.6 Å². The molecular weight excluding hydrogens is 354 g/mol. The number of carbonyl (C=O) groups excluding carboxylic acids is 2. The molecule has 0 bridgehead atoms. The zero-order chi connectivity index (χ0) is 18.5. The van der Waals surface area contributed by atoms with Crippen molar-refractivity contribution in [2.24, 2.45) is 0 Å². The summed E-state index contributed by atoms with van der Waals surface area (Å²) in [4.78, 5) is 28.8. The number of benzene rings is 1. The van der Waals surface area contributed by atoms with Crippen molar-refractivity contribution in [3.63, 3.8) is 0 Å². The summed E-state index contributed by atoms with van der Waals surface area (Å²) in [6, 6.07) is 6.70. The van der Waals surface area contributed by atoms with Crippen molar-refractivity contribution < 1.29 is 14.3 Å². The number of pyridine rings is 1. The predicted octanol–water partition coefficient (Wildman–Crippen LogP) is 3.67. The molecule has 0 spiro atoms. The lowest BCUT2D eigenvalue weighted by atomic mass is 10.1. The van der Waals surface area contributed by atoms with Crippen LogP contribution in [0.15, 0.2) is 36.7 Å². The molecule has 0 radical (unpaired) electrons. The van der Waals surface area contributed by atoms with Crippen LogP contribution >= 0.6 is 11.6 Å². The summed E-state index contributed by atoms with van der Waals surface area (Å²) in [6.45, 7) is 0. The van der Waals surface area contributed by atoms with E-state index in [1.807, 2.05) is 0 Å². The van der Waals surface area contributed by atoms with E-state index in [0.29, 0.717) is 27.6 Å². The lowest BCUT2D eigenvalue weighted by Crippen LogP contribution is -2.32. The predicted molar refractivity (Wildman–Crippen MR) is 99.9 cm³/mol. The second kappa shape index (κ2) is 8.19. The number of aromatic nitrogens is 1. The number of halogens is 1. The lowest BCUT2D eigenvalue weighted by molar-refractivity contribution is 0.0937. The molecule has 2 amide bonds. The third kappa shape index (κ3) is 4.32. The Balaban J connectivity index is 1.69. The van der Waals surface area contributed by atoms with E-state index in [1.165, 1.54) is 25.6 Å². The fraction of sp³-hybridized carbons (Fsp3) is 0.316. The summed E-state index contributed by atoms with van der Waals surface area (Å²) in [5, 5.41) is 6.12. The highest BCUT2D eigenvalue weighted by Gasteiger charge is 2.19. The number of anilines is 1. The molecule has 3 rings (SSSR count). The van der Waals surface area contributed by atoms with Gasteiger partial charge in [-0.3, -0.25) is 14.6 Å². The van der Waals surface area contributed by atoms with Crippen molar-refractivity contribution in [1.82, 2.24) is 10.3 Å². The van der Waals surface area contributed by atoms with Crippen LogP contribution < -0.4 is 15.4 Å². The number of ether oxygens (including phenoxy) is 1. The summed E-state index contributed by atoms with van der Waals surface area (Å²) >= 11 is 6.07. The Bertz CT molecular complexity index is 819. The SMILES string of the molecule is COc1ccc(NC(=O)c2cncc(C(=O)NC3CCCC3)c2)cc1Cl. The van der Waals surface area contributed by atoms with Crippen LogP contribution in [0, 0.1) is 0 Å². The number of hydrogen-bond acceptors (Lipinski definition) is 4. The summed E-state index contributed by atoms with van der Waals surface area (Å²) in [6.07, 6.45) is 7.15. The van der Waals surface area contributed by atoms with Gasteiger partial charge in [0.2, 0.25) is 0 Å². The van der Waals surface area contributed by atoms with Crippen molar-refractivity contribution in [1.29, 1.82) is 0 Å². The molecule has 1 aliphatic rings. The van der Waals surface area contributed by atoms with Crippen LogP contribution in [0.4, 0.5) is 5.69 Å². The number of amides is 2. The number of carbonyl (C=O) groups is 2. The van der Waals surface area contributed by atoms with Gasteiger partial charge >= 0.3 is 0 Å². The highest BCUT2D eigenvalue weighted by molar-refractivity contribution is 6.32. The Hall–Kier alpha value is -2.60. The first kappa shape index (κ1) is 18.2. The van der Waals surface area contributed by atoms with Gasteiger partial charge in [-0.1, -0.05) is 24.4 Å². The Morgan fingerprint density at radius 3 is 2.46 bits per heavy atom. The number of rotatable bonds is 5. The van der Waals surface area contributed by atoms with Gasteiger partial charge < -0.3 is 15.4 Å². The fourth-order valence-corrected chi connectivity index (χ4v) is 3.23. The average molecular weight is 374 g/mol. The second-order valence-corrected chi connectivity index (χ2v) is 6.63. The molecule has 1 saturated carbocycles. The second-order valence-electron chi connectivity index (χ2n) is 6.22. The number of hydrogen-bond donors (Lipinski definition) is 2. The highest BCUT2D eigenvalue weighted by Crippen LogP contribution is 2.27. The Kier molecular flexibility index (Phi) is 5.73. The molecule has 0 aliphatic heterocycles. The van der Waals surface area contributed by atoms with Crippen LogP contribution in [0.25, 0.3) is 0 Å². The maximum Gasteiger partial charge on any atom is 0.257 e. The van der Waals surface area contributed by atoms with Gasteiger partial charge in [0.25, 0.3) is 11.8 Å². The molecular formula is C19H20ClN3O3. The van der Waals surface area contributed by atoms with E-state index in [0.717, 1.165) is 25.7 Å². The van der Waals surface area contributed by atoms with Crippen LogP contribution in [0.5, 0.6) is 5.75 Å². The Labute approximate surface area is 156 Å². The normalized spacial score (nSPS) is 14.1. The van der Waals surface area contributed by atoms with Gasteiger partial charge in [-0.25, -0.2) is 0 Å². The third-order valence-electron chi connectivity index (χ3n) is 4.36. The van der Waals surface area contributed by atoms with Gasteiger partial charge in [0.1, 0.15) is 5.75 Å². The molecule has 1 aliphatic carbocycles. The van der Waals surface area contributed by atoms with E-state index in [-0.39, 0.29) is 17.9 Å². The molecule has 2 N–H and O–H groups in total. The zero-order valence-corrected chi connectivity index (χ0v) is 15.2. The van der Waals surface area contributed by atoms with Crippen LogP contribution in [0.3, 0.4) is 0 Å². The molecule has 1 aromatic carbocycles. The Morgan fingerprint density at radius 2 is 1.81 bits per heavy atom. The minimum absolute atomic E-state index is 0.202. The number of methoxy groups -OCH3 is 1. The van der Waals surface area contributed by atoms with Crippen LogP contribution in [0.1, 0.15) is 46.4 Å². The van der Waals surface area contributed by atoms with Gasteiger partial charge in [-0.15, -0.1) is 0 Å². The summed E-state index contributed by atoms with van der Waals surface area (Å²) in [5.74, 6) is -0.0438. The topological polar surface area (TPSA) is 80.3 Å². The molecule has 1 aromatic heterocycles. The van der Waals surface area contributed by atoms with E-state index in [1.54, 1.807) is 18.2 Å². The number of nitrogens with one attached hydrogen (secondary N) is 2. The van der Waals surface area contributed by atoms with E-state index in [9.17, 15) is 9.59 Å². The molecule has 1 fully saturated rings. The molecule has 136 valence electrons. The molecule has 1 heterocycles. The van der Waals surface area contributed by atoms with E-state index >= 15 is 0 Å². The van der Waals surface area contributed by atoms with Gasteiger partial charge in [-0.05, 0) is 37.1 Å². The maximum atomic E-state index is 12.4. The summed E-state index contributed by atoms with van der Waals surface area (Å²) in [7, 11) is 1.52. The Morgan fingerprint density at radius 1 is 1.12 bits per heavy atom. The van der Waals surface area contributed by atoms with Crippen LogP contribution in [-0.2, 0) is 0 Å². The van der Waals surface area contributed by atoms with Crippen molar-refractivity contribution in [3.8, 4) is 5.75 Å². The van der Waals surface area contributed by atoms with Gasteiger partial charge in [0.15, 0.2) is 0 Å². The first-order chi connectivity index (χ1) is 12.6. The van der Waals surface area contributed by atoms with Crippen molar-refractivity contribution in [2.75, 3.05) is 12.4 Å². The zero-order valence-electron chi connectivity index (χ0n) is 14.4. The quantitative estimate of drug-likeness (QED) is 0.838. The molecule has 0 saturated heterocycles. The minimum Gasteiger partial charge on any atom is -0.495 e. The standard InChI is InChI=1S/C19H20ClN3O3/c1-26-17-7-6-15(9-16(17)20)23-19(25)13-8-12(10-21-11-13)18(24)22-14-4-2-3-5-14/h6-11,14H,2-5H2,1H3,(H,22,24)(H,23,25). The van der Waals surface area contributed by atoms with Crippen molar-refractivity contribution >= 4 is 29.1 Å². The van der Waals surface area contributed by atoms with E-state index in [4.69, 9.17) is 16.3 Å². The fourth-order valence-electron chi connectivity index (χ4n) is 2.97. The smallest absolute Gasteiger partial charge is 0.257 e. The molecule has 7 heteroatoms. The molecule has 26 heavy (non-hydrogen) atoms. The summed E-state index contributed by atoms with van der Waals surface area (Å²) < 4.78 is 5.09. The molecule has 0 unspecified atom stereocenters. The van der Waals surface area contributed by atoms with E-state index < -0.39 is 0 Å². The first-order valence-corrected chi connectivity index (χ1v) is 8.85. The molecule has 0 atom stereocenters. The van der Waals surface area contributed by atoms with Crippen molar-refractivity contribution in [3.05, 3.63) is 52.8 Å².